The highest BCUT2D eigenvalue weighted by atomic mass is 32.2. The smallest absolute Gasteiger partial charge is 0.125 e. The quantitative estimate of drug-likeness (QED) is 0.894. The Hall–Kier alpha value is -0.670. The van der Waals surface area contributed by atoms with Gasteiger partial charge in [-0.15, -0.1) is 0 Å². The Labute approximate surface area is 106 Å². The number of thioether (sulfide) groups is 1. The molecule has 1 aromatic rings. The van der Waals surface area contributed by atoms with Crippen LogP contribution in [0.2, 0.25) is 0 Å². The second-order valence-corrected chi connectivity index (χ2v) is 6.18. The summed E-state index contributed by atoms with van der Waals surface area (Å²) in [5.74, 6) is 3.28. The molecule has 17 heavy (non-hydrogen) atoms. The lowest BCUT2D eigenvalue weighted by molar-refractivity contribution is 0.135. The maximum Gasteiger partial charge on any atom is 0.125 e. The molecular formula is C14H18O2S. The van der Waals surface area contributed by atoms with Gasteiger partial charge in [0.1, 0.15) is 11.9 Å². The number of para-hydroxylation sites is 1. The first kappa shape index (κ1) is 11.4. The molecule has 2 fully saturated rings. The minimum atomic E-state index is -0.597. The molecule has 2 aliphatic rings. The molecule has 1 saturated carbocycles. The van der Waals surface area contributed by atoms with Gasteiger partial charge in [-0.1, -0.05) is 18.2 Å². The van der Waals surface area contributed by atoms with Crippen molar-refractivity contribution in [3.8, 4) is 5.75 Å². The predicted octanol–water partition coefficient (Wildman–Crippen LogP) is 2.94. The highest BCUT2D eigenvalue weighted by Gasteiger charge is 2.44. The SMILES string of the molecule is OC1(c2ccccc2OC2CCSCC2)CC1. The molecule has 0 atom stereocenters. The van der Waals surface area contributed by atoms with E-state index in [0.29, 0.717) is 6.10 Å². The zero-order valence-corrected chi connectivity index (χ0v) is 10.7. The topological polar surface area (TPSA) is 29.5 Å². The third-order valence-corrected chi connectivity index (χ3v) is 4.62. The molecule has 1 N–H and O–H groups in total. The van der Waals surface area contributed by atoms with Gasteiger partial charge in [-0.05, 0) is 43.3 Å². The molecule has 0 radical (unpaired) electrons. The van der Waals surface area contributed by atoms with Gasteiger partial charge in [0.05, 0.1) is 5.60 Å². The second kappa shape index (κ2) is 4.54. The van der Waals surface area contributed by atoms with E-state index in [1.807, 2.05) is 36.0 Å². The maximum atomic E-state index is 10.2. The van der Waals surface area contributed by atoms with Crippen molar-refractivity contribution in [3.05, 3.63) is 29.8 Å². The van der Waals surface area contributed by atoms with Gasteiger partial charge in [0.15, 0.2) is 0 Å². The van der Waals surface area contributed by atoms with Gasteiger partial charge in [0, 0.05) is 5.56 Å². The van der Waals surface area contributed by atoms with Gasteiger partial charge >= 0.3 is 0 Å². The van der Waals surface area contributed by atoms with Crippen LogP contribution >= 0.6 is 11.8 Å². The van der Waals surface area contributed by atoms with Gasteiger partial charge in [-0.25, -0.2) is 0 Å². The molecule has 2 nitrogen and oxygen atoms in total. The highest BCUT2D eigenvalue weighted by Crippen LogP contribution is 2.48. The first-order valence-corrected chi connectivity index (χ1v) is 7.50. The lowest BCUT2D eigenvalue weighted by atomic mass is 10.1. The molecule has 3 heteroatoms. The van der Waals surface area contributed by atoms with Crippen LogP contribution in [0.1, 0.15) is 31.2 Å². The molecule has 0 bridgehead atoms. The van der Waals surface area contributed by atoms with Crippen LogP contribution in [0.5, 0.6) is 5.75 Å². The van der Waals surface area contributed by atoms with E-state index in [-0.39, 0.29) is 0 Å². The Balaban J connectivity index is 1.77. The average Bonchev–Trinajstić information content (AvgIpc) is 3.10. The highest BCUT2D eigenvalue weighted by molar-refractivity contribution is 7.99. The van der Waals surface area contributed by atoms with Crippen molar-refractivity contribution in [1.82, 2.24) is 0 Å². The monoisotopic (exact) mass is 250 g/mol. The number of aliphatic hydroxyl groups is 1. The largest absolute Gasteiger partial charge is 0.490 e. The van der Waals surface area contributed by atoms with Gasteiger partial charge in [-0.2, -0.15) is 11.8 Å². The number of hydrogen-bond acceptors (Lipinski definition) is 3. The van der Waals surface area contributed by atoms with Crippen LogP contribution in [0.3, 0.4) is 0 Å². The Morgan fingerprint density at radius 1 is 1.18 bits per heavy atom. The molecule has 1 aliphatic heterocycles. The number of benzene rings is 1. The third kappa shape index (κ3) is 2.45. The Morgan fingerprint density at radius 3 is 2.59 bits per heavy atom. The van der Waals surface area contributed by atoms with Gasteiger partial charge < -0.3 is 9.84 Å². The first-order valence-electron chi connectivity index (χ1n) is 6.34. The molecule has 0 amide bonds. The molecule has 3 rings (SSSR count). The molecule has 0 spiro atoms. The predicted molar refractivity (Wildman–Crippen MR) is 70.5 cm³/mol. The summed E-state index contributed by atoms with van der Waals surface area (Å²) in [5.41, 5.74) is 0.387. The Kier molecular flexibility index (Phi) is 3.05. The molecule has 1 aromatic carbocycles. The zero-order chi connectivity index (χ0) is 11.7. The van der Waals surface area contributed by atoms with E-state index >= 15 is 0 Å². The third-order valence-electron chi connectivity index (χ3n) is 3.57. The summed E-state index contributed by atoms with van der Waals surface area (Å²) in [7, 11) is 0. The van der Waals surface area contributed by atoms with Crippen LogP contribution in [0, 0.1) is 0 Å². The maximum absolute atomic E-state index is 10.2. The molecule has 0 unspecified atom stereocenters. The van der Waals surface area contributed by atoms with Crippen molar-refractivity contribution in [2.24, 2.45) is 0 Å². The summed E-state index contributed by atoms with van der Waals surface area (Å²) in [5, 5.41) is 10.2. The van der Waals surface area contributed by atoms with Crippen LogP contribution in [-0.4, -0.2) is 22.7 Å². The van der Waals surface area contributed by atoms with E-state index in [4.69, 9.17) is 4.74 Å². The summed E-state index contributed by atoms with van der Waals surface area (Å²) in [6, 6.07) is 7.96. The number of hydrogen-bond donors (Lipinski definition) is 1. The van der Waals surface area contributed by atoms with Crippen molar-refractivity contribution in [2.75, 3.05) is 11.5 Å². The Morgan fingerprint density at radius 2 is 1.88 bits per heavy atom. The summed E-state index contributed by atoms with van der Waals surface area (Å²) in [6.07, 6.45) is 4.32. The molecule has 0 aromatic heterocycles. The van der Waals surface area contributed by atoms with E-state index in [0.717, 1.165) is 37.0 Å². The van der Waals surface area contributed by atoms with Crippen LogP contribution in [-0.2, 0) is 5.60 Å². The van der Waals surface area contributed by atoms with E-state index in [1.165, 1.54) is 11.5 Å². The lowest BCUT2D eigenvalue weighted by Gasteiger charge is -2.25. The van der Waals surface area contributed by atoms with Crippen molar-refractivity contribution >= 4 is 11.8 Å². The molecular weight excluding hydrogens is 232 g/mol. The zero-order valence-electron chi connectivity index (χ0n) is 9.89. The van der Waals surface area contributed by atoms with Crippen LogP contribution in [0.25, 0.3) is 0 Å². The average molecular weight is 250 g/mol. The fraction of sp³-hybridized carbons (Fsp3) is 0.571. The van der Waals surface area contributed by atoms with Crippen molar-refractivity contribution < 1.29 is 9.84 Å². The van der Waals surface area contributed by atoms with Crippen LogP contribution < -0.4 is 4.74 Å². The first-order chi connectivity index (χ1) is 8.28. The van der Waals surface area contributed by atoms with Gasteiger partial charge in [0.25, 0.3) is 0 Å². The minimum absolute atomic E-state index is 0.333. The van der Waals surface area contributed by atoms with Crippen molar-refractivity contribution in [3.63, 3.8) is 0 Å². The van der Waals surface area contributed by atoms with Crippen molar-refractivity contribution in [1.29, 1.82) is 0 Å². The summed E-state index contributed by atoms with van der Waals surface area (Å²) in [4.78, 5) is 0. The normalized spacial score (nSPS) is 23.4. The van der Waals surface area contributed by atoms with Gasteiger partial charge in [-0.3, -0.25) is 0 Å². The van der Waals surface area contributed by atoms with Gasteiger partial charge in [0.2, 0.25) is 0 Å². The van der Waals surface area contributed by atoms with E-state index < -0.39 is 5.60 Å². The number of ether oxygens (including phenoxy) is 1. The fourth-order valence-electron chi connectivity index (χ4n) is 2.31. The molecule has 1 aliphatic carbocycles. The standard InChI is InChI=1S/C14H18O2S/c15-14(7-8-14)12-3-1-2-4-13(12)16-11-5-9-17-10-6-11/h1-4,11,15H,5-10H2. The van der Waals surface area contributed by atoms with E-state index in [1.54, 1.807) is 0 Å². The number of rotatable bonds is 3. The van der Waals surface area contributed by atoms with Crippen molar-refractivity contribution in [2.45, 2.75) is 37.4 Å². The van der Waals surface area contributed by atoms with Crippen LogP contribution in [0.15, 0.2) is 24.3 Å². The summed E-state index contributed by atoms with van der Waals surface area (Å²) in [6.45, 7) is 0. The fourth-order valence-corrected chi connectivity index (χ4v) is 3.38. The minimum Gasteiger partial charge on any atom is -0.490 e. The molecule has 1 saturated heterocycles. The lowest BCUT2D eigenvalue weighted by Crippen LogP contribution is -2.23. The summed E-state index contributed by atoms with van der Waals surface area (Å²) < 4.78 is 6.08. The van der Waals surface area contributed by atoms with E-state index in [9.17, 15) is 5.11 Å². The Bertz CT molecular complexity index is 395. The van der Waals surface area contributed by atoms with Crippen LogP contribution in [0.4, 0.5) is 0 Å². The van der Waals surface area contributed by atoms with E-state index in [2.05, 4.69) is 0 Å². The second-order valence-electron chi connectivity index (χ2n) is 4.96. The summed E-state index contributed by atoms with van der Waals surface area (Å²) >= 11 is 2.00. The molecule has 92 valence electrons. The molecule has 1 heterocycles.